The van der Waals surface area contributed by atoms with Crippen molar-refractivity contribution in [2.24, 2.45) is 0 Å². The summed E-state index contributed by atoms with van der Waals surface area (Å²) in [6.45, 7) is 6.96. The van der Waals surface area contributed by atoms with Gasteiger partial charge in [-0.3, -0.25) is 4.79 Å². The van der Waals surface area contributed by atoms with Crippen LogP contribution in [0.15, 0.2) is 30.3 Å². The van der Waals surface area contributed by atoms with Crippen LogP contribution in [0.5, 0.6) is 0 Å². The van der Waals surface area contributed by atoms with E-state index >= 15 is 0 Å². The van der Waals surface area contributed by atoms with Crippen molar-refractivity contribution in [2.45, 2.75) is 45.1 Å². The zero-order valence-electron chi connectivity index (χ0n) is 12.6. The quantitative estimate of drug-likeness (QED) is 0.865. The second kappa shape index (κ2) is 7.44. The first-order valence-electron chi connectivity index (χ1n) is 7.79. The van der Waals surface area contributed by atoms with E-state index in [-0.39, 0.29) is 6.04 Å². The summed E-state index contributed by atoms with van der Waals surface area (Å²) < 4.78 is 0. The number of hydrogen-bond donors (Lipinski definition) is 1. The molecule has 1 fully saturated rings. The smallest absolute Gasteiger partial charge is 0.239 e. The minimum atomic E-state index is 0.0424. The Bertz CT molecular complexity index is 416. The van der Waals surface area contributed by atoms with E-state index in [2.05, 4.69) is 43.4 Å². The Morgan fingerprint density at radius 2 is 2.10 bits per heavy atom. The highest BCUT2D eigenvalue weighted by Crippen LogP contribution is 2.20. The van der Waals surface area contributed by atoms with Gasteiger partial charge in [-0.05, 0) is 37.3 Å². The number of likely N-dealkylation sites (tertiary alicyclic amines) is 1. The summed E-state index contributed by atoms with van der Waals surface area (Å²) in [5.41, 5.74) is 1.36. The van der Waals surface area contributed by atoms with E-state index in [1.807, 2.05) is 11.0 Å². The van der Waals surface area contributed by atoms with E-state index in [0.717, 1.165) is 38.9 Å². The number of hydrogen-bond acceptors (Lipinski definition) is 2. The molecule has 20 heavy (non-hydrogen) atoms. The number of carbonyl (C=O) groups excluding carboxylic acids is 1. The molecule has 1 saturated heterocycles. The Labute approximate surface area is 122 Å². The molecule has 110 valence electrons. The first-order chi connectivity index (χ1) is 9.72. The number of rotatable bonds is 6. The Hall–Kier alpha value is -1.35. The molecule has 0 aromatic heterocycles. The fourth-order valence-corrected chi connectivity index (χ4v) is 2.90. The van der Waals surface area contributed by atoms with Crippen molar-refractivity contribution >= 4 is 5.91 Å². The number of benzene rings is 1. The number of carbonyl (C=O) groups is 1. The fourth-order valence-electron chi connectivity index (χ4n) is 2.90. The molecular formula is C17H26N2O. The molecule has 0 saturated carbocycles. The normalized spacial score (nSPS) is 21.0. The van der Waals surface area contributed by atoms with Crippen LogP contribution in [0.3, 0.4) is 0 Å². The maximum absolute atomic E-state index is 12.3. The molecule has 2 unspecified atom stereocenters. The number of nitrogens with zero attached hydrogens (tertiary/aromatic N) is 1. The van der Waals surface area contributed by atoms with Crippen molar-refractivity contribution in [3.8, 4) is 0 Å². The Morgan fingerprint density at radius 3 is 2.80 bits per heavy atom. The maximum atomic E-state index is 12.3. The highest BCUT2D eigenvalue weighted by Gasteiger charge is 2.27. The first-order valence-corrected chi connectivity index (χ1v) is 7.79. The summed E-state index contributed by atoms with van der Waals surface area (Å²) >= 11 is 0. The minimum absolute atomic E-state index is 0.0424. The lowest BCUT2D eigenvalue weighted by molar-refractivity contribution is -0.136. The van der Waals surface area contributed by atoms with Crippen LogP contribution in [0.4, 0.5) is 0 Å². The summed E-state index contributed by atoms with van der Waals surface area (Å²) in [6.07, 6.45) is 3.13. The molecule has 1 aliphatic rings. The van der Waals surface area contributed by atoms with Gasteiger partial charge in [0.2, 0.25) is 5.91 Å². The van der Waals surface area contributed by atoms with Crippen LogP contribution >= 0.6 is 0 Å². The zero-order chi connectivity index (χ0) is 14.4. The summed E-state index contributed by atoms with van der Waals surface area (Å²) in [5.74, 6) is 0.793. The molecule has 0 bridgehead atoms. The van der Waals surface area contributed by atoms with Crippen LogP contribution in [0, 0.1) is 0 Å². The fraction of sp³-hybridized carbons (Fsp3) is 0.588. The molecule has 3 heteroatoms. The van der Waals surface area contributed by atoms with E-state index in [9.17, 15) is 4.79 Å². The van der Waals surface area contributed by atoms with Crippen molar-refractivity contribution < 1.29 is 4.79 Å². The molecule has 0 spiro atoms. The Morgan fingerprint density at radius 1 is 1.35 bits per heavy atom. The van der Waals surface area contributed by atoms with Gasteiger partial charge in [0.15, 0.2) is 0 Å². The van der Waals surface area contributed by atoms with E-state index in [0.29, 0.717) is 11.8 Å². The van der Waals surface area contributed by atoms with Gasteiger partial charge >= 0.3 is 0 Å². The van der Waals surface area contributed by atoms with Gasteiger partial charge in [0.1, 0.15) is 0 Å². The predicted octanol–water partition coefficient (Wildman–Crippen LogP) is 2.78. The summed E-state index contributed by atoms with van der Waals surface area (Å²) in [7, 11) is 0. The topological polar surface area (TPSA) is 32.3 Å². The average Bonchev–Trinajstić information content (AvgIpc) is 2.49. The van der Waals surface area contributed by atoms with E-state index in [1.165, 1.54) is 5.56 Å². The predicted molar refractivity (Wildman–Crippen MR) is 82.8 cm³/mol. The van der Waals surface area contributed by atoms with Crippen LogP contribution in [0.2, 0.25) is 0 Å². The van der Waals surface area contributed by atoms with Gasteiger partial charge in [-0.25, -0.2) is 0 Å². The Balaban J connectivity index is 1.85. The van der Waals surface area contributed by atoms with Crippen molar-refractivity contribution in [1.82, 2.24) is 10.2 Å². The zero-order valence-corrected chi connectivity index (χ0v) is 12.6. The molecule has 1 aromatic rings. The second-order valence-electron chi connectivity index (χ2n) is 5.68. The molecule has 2 rings (SSSR count). The summed E-state index contributed by atoms with van der Waals surface area (Å²) in [6, 6.07) is 10.6. The molecule has 2 atom stereocenters. The first kappa shape index (κ1) is 15.0. The number of piperidine rings is 1. The third-order valence-corrected chi connectivity index (χ3v) is 4.18. The van der Waals surface area contributed by atoms with Gasteiger partial charge in [0, 0.05) is 13.1 Å². The van der Waals surface area contributed by atoms with Gasteiger partial charge < -0.3 is 10.2 Å². The lowest BCUT2D eigenvalue weighted by Crippen LogP contribution is -2.50. The molecule has 3 nitrogen and oxygen atoms in total. The molecular weight excluding hydrogens is 248 g/mol. The van der Waals surface area contributed by atoms with Crippen LogP contribution in [-0.2, 0) is 4.79 Å². The third-order valence-electron chi connectivity index (χ3n) is 4.18. The van der Waals surface area contributed by atoms with Crippen LogP contribution in [0.1, 0.15) is 44.6 Å². The maximum Gasteiger partial charge on any atom is 0.239 e. The summed E-state index contributed by atoms with van der Waals surface area (Å²) in [4.78, 5) is 14.4. The largest absolute Gasteiger partial charge is 0.341 e. The molecule has 0 aliphatic carbocycles. The second-order valence-corrected chi connectivity index (χ2v) is 5.68. The highest BCUT2D eigenvalue weighted by molar-refractivity contribution is 5.82. The lowest BCUT2D eigenvalue weighted by atomic mass is 9.96. The van der Waals surface area contributed by atoms with E-state index < -0.39 is 0 Å². The van der Waals surface area contributed by atoms with Crippen molar-refractivity contribution in [3.05, 3.63) is 35.9 Å². The molecule has 0 radical (unpaired) electrons. The molecule has 1 aromatic carbocycles. The molecule has 1 aliphatic heterocycles. The average molecular weight is 274 g/mol. The molecule has 1 N–H and O–H groups in total. The summed E-state index contributed by atoms with van der Waals surface area (Å²) in [5, 5.41) is 3.29. The third kappa shape index (κ3) is 3.83. The lowest BCUT2D eigenvalue weighted by Gasteiger charge is -2.33. The van der Waals surface area contributed by atoms with Crippen molar-refractivity contribution in [3.63, 3.8) is 0 Å². The van der Waals surface area contributed by atoms with Crippen molar-refractivity contribution in [1.29, 1.82) is 0 Å². The van der Waals surface area contributed by atoms with E-state index in [4.69, 9.17) is 0 Å². The highest BCUT2D eigenvalue weighted by atomic mass is 16.2. The molecule has 1 heterocycles. The number of likely N-dealkylation sites (N-methyl/N-ethyl adjacent to an activating group) is 1. The van der Waals surface area contributed by atoms with Gasteiger partial charge in [0.25, 0.3) is 0 Å². The number of amides is 1. The SMILES string of the molecule is CCNC1CCCN(CCC(C)c2ccccc2)C1=O. The number of nitrogens with one attached hydrogen (secondary N) is 1. The van der Waals surface area contributed by atoms with Gasteiger partial charge in [-0.15, -0.1) is 0 Å². The standard InChI is InChI=1S/C17H26N2O/c1-3-18-16-10-7-12-19(17(16)20)13-11-14(2)15-8-5-4-6-9-15/h4-6,8-9,14,16,18H,3,7,10-13H2,1-2H3. The minimum Gasteiger partial charge on any atom is -0.341 e. The van der Waals surface area contributed by atoms with Crippen LogP contribution < -0.4 is 5.32 Å². The molecule has 1 amide bonds. The van der Waals surface area contributed by atoms with E-state index in [1.54, 1.807) is 0 Å². The Kier molecular flexibility index (Phi) is 5.60. The monoisotopic (exact) mass is 274 g/mol. The van der Waals surface area contributed by atoms with Crippen LogP contribution in [0.25, 0.3) is 0 Å². The van der Waals surface area contributed by atoms with Gasteiger partial charge in [-0.2, -0.15) is 0 Å². The van der Waals surface area contributed by atoms with Gasteiger partial charge in [-0.1, -0.05) is 44.2 Å². The van der Waals surface area contributed by atoms with Gasteiger partial charge in [0.05, 0.1) is 6.04 Å². The van der Waals surface area contributed by atoms with Crippen LogP contribution in [-0.4, -0.2) is 36.5 Å². The van der Waals surface area contributed by atoms with Crippen molar-refractivity contribution in [2.75, 3.05) is 19.6 Å².